The summed E-state index contributed by atoms with van der Waals surface area (Å²) >= 11 is 0. The summed E-state index contributed by atoms with van der Waals surface area (Å²) in [6.45, 7) is 4.73. The number of methoxy groups -OCH3 is 2. The quantitative estimate of drug-likeness (QED) is 0.809. The smallest absolute Gasteiger partial charge is 0.409 e. The Hall–Kier alpha value is -3.23. The van der Waals surface area contributed by atoms with Gasteiger partial charge in [-0.2, -0.15) is 0 Å². The molecule has 1 aliphatic rings. The fourth-order valence-electron chi connectivity index (χ4n) is 2.97. The first-order valence-corrected chi connectivity index (χ1v) is 9.12. The molecule has 1 fully saturated rings. The van der Waals surface area contributed by atoms with Crippen LogP contribution in [0.4, 0.5) is 22.1 Å². The second-order valence-corrected chi connectivity index (χ2v) is 6.13. The SMILES string of the molecule is CCOC(=O)N1CCN(c2cc(Nc3cc(OC)ccc3OC)ncn2)CC1. The maximum absolute atomic E-state index is 11.8. The summed E-state index contributed by atoms with van der Waals surface area (Å²) in [4.78, 5) is 24.3. The van der Waals surface area contributed by atoms with Crippen LogP contribution in [0.3, 0.4) is 0 Å². The van der Waals surface area contributed by atoms with E-state index in [0.29, 0.717) is 50.1 Å². The maximum atomic E-state index is 11.8. The minimum Gasteiger partial charge on any atom is -0.497 e. The maximum Gasteiger partial charge on any atom is 0.409 e. The molecule has 3 rings (SSSR count). The molecule has 1 saturated heterocycles. The average Bonchev–Trinajstić information content (AvgIpc) is 2.74. The summed E-state index contributed by atoms with van der Waals surface area (Å²) in [5.74, 6) is 2.84. The molecular weight excluding hydrogens is 362 g/mol. The van der Waals surface area contributed by atoms with E-state index in [2.05, 4.69) is 20.2 Å². The van der Waals surface area contributed by atoms with E-state index in [0.717, 1.165) is 11.5 Å². The van der Waals surface area contributed by atoms with Gasteiger partial charge in [0, 0.05) is 38.3 Å². The lowest BCUT2D eigenvalue weighted by Crippen LogP contribution is -2.49. The van der Waals surface area contributed by atoms with E-state index in [1.807, 2.05) is 24.3 Å². The van der Waals surface area contributed by atoms with E-state index in [4.69, 9.17) is 14.2 Å². The lowest BCUT2D eigenvalue weighted by atomic mass is 10.2. The third-order valence-corrected chi connectivity index (χ3v) is 4.45. The largest absolute Gasteiger partial charge is 0.497 e. The minimum absolute atomic E-state index is 0.266. The van der Waals surface area contributed by atoms with E-state index in [1.165, 1.54) is 6.33 Å². The van der Waals surface area contributed by atoms with Crippen molar-refractivity contribution >= 4 is 23.4 Å². The van der Waals surface area contributed by atoms with Crippen molar-refractivity contribution in [2.24, 2.45) is 0 Å². The van der Waals surface area contributed by atoms with E-state index < -0.39 is 0 Å². The summed E-state index contributed by atoms with van der Waals surface area (Å²) in [6.07, 6.45) is 1.25. The number of anilines is 3. The molecular formula is C19H25N5O4. The van der Waals surface area contributed by atoms with Crippen LogP contribution in [0.15, 0.2) is 30.6 Å². The molecule has 0 saturated carbocycles. The molecule has 1 aromatic heterocycles. The Kier molecular flexibility index (Phi) is 6.36. The van der Waals surface area contributed by atoms with Gasteiger partial charge in [-0.05, 0) is 19.1 Å². The Morgan fingerprint density at radius 3 is 2.57 bits per heavy atom. The van der Waals surface area contributed by atoms with Gasteiger partial charge in [-0.15, -0.1) is 0 Å². The van der Waals surface area contributed by atoms with Crippen molar-refractivity contribution in [2.45, 2.75) is 6.92 Å². The molecule has 1 N–H and O–H groups in total. The van der Waals surface area contributed by atoms with Gasteiger partial charge in [0.2, 0.25) is 0 Å². The van der Waals surface area contributed by atoms with Crippen LogP contribution in [0, 0.1) is 0 Å². The Labute approximate surface area is 164 Å². The van der Waals surface area contributed by atoms with Crippen LogP contribution < -0.4 is 19.7 Å². The highest BCUT2D eigenvalue weighted by Gasteiger charge is 2.23. The van der Waals surface area contributed by atoms with Crippen LogP contribution in [0.5, 0.6) is 11.5 Å². The molecule has 1 amide bonds. The molecule has 9 nitrogen and oxygen atoms in total. The number of nitrogens with one attached hydrogen (secondary N) is 1. The summed E-state index contributed by atoms with van der Waals surface area (Å²) in [5, 5.41) is 3.25. The molecule has 0 bridgehead atoms. The number of rotatable bonds is 6. The third-order valence-electron chi connectivity index (χ3n) is 4.45. The summed E-state index contributed by atoms with van der Waals surface area (Å²) in [7, 11) is 3.23. The van der Waals surface area contributed by atoms with Crippen molar-refractivity contribution in [1.29, 1.82) is 0 Å². The number of hydrogen-bond donors (Lipinski definition) is 1. The number of amides is 1. The zero-order valence-corrected chi connectivity index (χ0v) is 16.3. The first kappa shape index (κ1) is 19.5. The number of aromatic nitrogens is 2. The lowest BCUT2D eigenvalue weighted by Gasteiger charge is -2.34. The fourth-order valence-corrected chi connectivity index (χ4v) is 2.97. The highest BCUT2D eigenvalue weighted by molar-refractivity contribution is 5.69. The van der Waals surface area contributed by atoms with Gasteiger partial charge in [0.25, 0.3) is 0 Å². The molecule has 0 radical (unpaired) electrons. The van der Waals surface area contributed by atoms with Gasteiger partial charge >= 0.3 is 6.09 Å². The average molecular weight is 387 g/mol. The number of ether oxygens (including phenoxy) is 3. The van der Waals surface area contributed by atoms with E-state index >= 15 is 0 Å². The van der Waals surface area contributed by atoms with Crippen molar-refractivity contribution in [3.05, 3.63) is 30.6 Å². The second-order valence-electron chi connectivity index (χ2n) is 6.13. The summed E-state index contributed by atoms with van der Waals surface area (Å²) < 4.78 is 15.7. The van der Waals surface area contributed by atoms with Crippen molar-refractivity contribution in [2.75, 3.05) is 57.2 Å². The predicted octanol–water partition coefficient (Wildman–Crippen LogP) is 2.52. The van der Waals surface area contributed by atoms with Crippen molar-refractivity contribution < 1.29 is 19.0 Å². The molecule has 2 heterocycles. The molecule has 9 heteroatoms. The topological polar surface area (TPSA) is 89.1 Å². The molecule has 0 aliphatic carbocycles. The van der Waals surface area contributed by atoms with Gasteiger partial charge in [-0.1, -0.05) is 0 Å². The van der Waals surface area contributed by atoms with E-state index in [9.17, 15) is 4.79 Å². The fraction of sp³-hybridized carbons (Fsp3) is 0.421. The molecule has 1 aliphatic heterocycles. The summed E-state index contributed by atoms with van der Waals surface area (Å²) in [5.41, 5.74) is 0.749. The van der Waals surface area contributed by atoms with Crippen LogP contribution in [-0.2, 0) is 4.74 Å². The third kappa shape index (κ3) is 4.54. The molecule has 28 heavy (non-hydrogen) atoms. The molecule has 0 atom stereocenters. The molecule has 2 aromatic rings. The standard InChI is InChI=1S/C19H25N5O4/c1-4-28-19(25)24-9-7-23(8-10-24)18-12-17(20-13-21-18)22-15-11-14(26-2)5-6-16(15)27-3/h5-6,11-13H,4,7-10H2,1-3H3,(H,20,21,22). The molecule has 150 valence electrons. The molecule has 0 unspecified atom stereocenters. The lowest BCUT2D eigenvalue weighted by molar-refractivity contribution is 0.105. The van der Waals surface area contributed by atoms with Gasteiger partial charge < -0.3 is 29.3 Å². The number of hydrogen-bond acceptors (Lipinski definition) is 8. The molecule has 1 aromatic carbocycles. The Balaban J connectivity index is 1.69. The van der Waals surface area contributed by atoms with Crippen molar-refractivity contribution in [3.8, 4) is 11.5 Å². The van der Waals surface area contributed by atoms with Gasteiger partial charge in [0.15, 0.2) is 0 Å². The number of carbonyl (C=O) groups is 1. The molecule has 0 spiro atoms. The van der Waals surface area contributed by atoms with Gasteiger partial charge in [-0.25, -0.2) is 14.8 Å². The van der Waals surface area contributed by atoms with Gasteiger partial charge in [-0.3, -0.25) is 0 Å². The number of benzene rings is 1. The second kappa shape index (κ2) is 9.12. The highest BCUT2D eigenvalue weighted by atomic mass is 16.6. The minimum atomic E-state index is -0.266. The van der Waals surface area contributed by atoms with Gasteiger partial charge in [0.05, 0.1) is 26.5 Å². The number of carbonyl (C=O) groups excluding carboxylic acids is 1. The number of piperazine rings is 1. The zero-order valence-electron chi connectivity index (χ0n) is 16.3. The van der Waals surface area contributed by atoms with Crippen molar-refractivity contribution in [1.82, 2.24) is 14.9 Å². The highest BCUT2D eigenvalue weighted by Crippen LogP contribution is 2.31. The van der Waals surface area contributed by atoms with Crippen LogP contribution in [0.2, 0.25) is 0 Å². The monoisotopic (exact) mass is 387 g/mol. The number of nitrogens with zero attached hydrogens (tertiary/aromatic N) is 4. The first-order chi connectivity index (χ1) is 13.6. The van der Waals surface area contributed by atoms with Gasteiger partial charge in [0.1, 0.15) is 29.5 Å². The Bertz CT molecular complexity index is 809. The van der Waals surface area contributed by atoms with Crippen LogP contribution in [-0.4, -0.2) is 68.0 Å². The van der Waals surface area contributed by atoms with Crippen molar-refractivity contribution in [3.63, 3.8) is 0 Å². The predicted molar refractivity (Wildman–Crippen MR) is 106 cm³/mol. The normalized spacial score (nSPS) is 13.8. The van der Waals surface area contributed by atoms with Crippen LogP contribution in [0.25, 0.3) is 0 Å². The Morgan fingerprint density at radius 2 is 1.89 bits per heavy atom. The van der Waals surface area contributed by atoms with E-state index in [1.54, 1.807) is 26.0 Å². The Morgan fingerprint density at radius 1 is 1.11 bits per heavy atom. The first-order valence-electron chi connectivity index (χ1n) is 9.12. The van der Waals surface area contributed by atoms with Crippen LogP contribution in [0.1, 0.15) is 6.92 Å². The van der Waals surface area contributed by atoms with E-state index in [-0.39, 0.29) is 6.09 Å². The summed E-state index contributed by atoms with van der Waals surface area (Å²) in [6, 6.07) is 7.38. The van der Waals surface area contributed by atoms with Crippen LogP contribution >= 0.6 is 0 Å². The zero-order chi connectivity index (χ0) is 19.9.